The van der Waals surface area contributed by atoms with Crippen molar-refractivity contribution in [1.82, 2.24) is 8.87 Å². The van der Waals surface area contributed by atoms with E-state index in [0.29, 0.717) is 6.04 Å². The molecule has 0 spiro atoms. The molecule has 2 aromatic rings. The second kappa shape index (κ2) is 5.26. The first-order valence-corrected chi connectivity index (χ1v) is 8.39. The van der Waals surface area contributed by atoms with Gasteiger partial charge in [-0.25, -0.2) is 0 Å². The monoisotopic (exact) mass is 355 g/mol. The fourth-order valence-electron chi connectivity index (χ4n) is 3.08. The third-order valence-electron chi connectivity index (χ3n) is 4.13. The van der Waals surface area contributed by atoms with Crippen molar-refractivity contribution in [3.63, 3.8) is 0 Å². The van der Waals surface area contributed by atoms with E-state index in [4.69, 9.17) is 0 Å². The molecule has 0 saturated carbocycles. The van der Waals surface area contributed by atoms with Crippen LogP contribution in [0, 0.1) is 0 Å². The molecule has 1 aromatic carbocycles. The van der Waals surface area contributed by atoms with Crippen LogP contribution in [0.15, 0.2) is 22.7 Å². The molecule has 108 valence electrons. The molecular weight excluding hydrogens is 340 g/mol. The summed E-state index contributed by atoms with van der Waals surface area (Å²) in [5.41, 5.74) is 2.91. The van der Waals surface area contributed by atoms with Gasteiger partial charge in [0.25, 0.3) is 0 Å². The minimum absolute atomic E-state index is 0.473. The predicted molar refractivity (Wildman–Crippen MR) is 83.5 cm³/mol. The van der Waals surface area contributed by atoms with Crippen molar-refractivity contribution in [2.24, 2.45) is 0 Å². The summed E-state index contributed by atoms with van der Waals surface area (Å²) < 4.78 is 25.6. The van der Waals surface area contributed by atoms with Gasteiger partial charge in [0.15, 0.2) is 0 Å². The predicted octanol–water partition coefficient (Wildman–Crippen LogP) is 2.46. The lowest BCUT2D eigenvalue weighted by Crippen LogP contribution is -2.33. The zero-order valence-corrected chi connectivity index (χ0v) is 13.8. The first-order valence-electron chi connectivity index (χ1n) is 6.57. The van der Waals surface area contributed by atoms with Gasteiger partial charge in [-0.1, -0.05) is 15.9 Å². The molecule has 4 nitrogen and oxygen atoms in total. The van der Waals surface area contributed by atoms with Crippen LogP contribution in [0.1, 0.15) is 17.7 Å². The summed E-state index contributed by atoms with van der Waals surface area (Å²) in [6.07, 6.45) is 2.70. The molecule has 0 fully saturated rings. The Labute approximate surface area is 129 Å². The van der Waals surface area contributed by atoms with Crippen LogP contribution in [0.2, 0.25) is 0 Å². The molecule has 0 radical (unpaired) electrons. The number of halogens is 1. The molecular formula is C14H16BrN2O2S-. The molecule has 1 aliphatic rings. The van der Waals surface area contributed by atoms with Gasteiger partial charge >= 0.3 is 0 Å². The van der Waals surface area contributed by atoms with Gasteiger partial charge in [-0.3, -0.25) is 8.18 Å². The first-order chi connectivity index (χ1) is 9.49. The van der Waals surface area contributed by atoms with Gasteiger partial charge in [0.1, 0.15) is 0 Å². The Bertz CT molecular complexity index is 696. The zero-order valence-electron chi connectivity index (χ0n) is 11.4. The summed E-state index contributed by atoms with van der Waals surface area (Å²) >= 11 is 1.22. The molecule has 1 aromatic heterocycles. The minimum atomic E-state index is -2.25. The molecule has 20 heavy (non-hydrogen) atoms. The van der Waals surface area contributed by atoms with E-state index in [2.05, 4.69) is 34.9 Å². The molecule has 2 unspecified atom stereocenters. The summed E-state index contributed by atoms with van der Waals surface area (Å²) in [6, 6.07) is 6.26. The van der Waals surface area contributed by atoms with Gasteiger partial charge in [0.2, 0.25) is 0 Å². The number of hydrogen-bond acceptors (Lipinski definition) is 3. The molecule has 1 aliphatic carbocycles. The zero-order chi connectivity index (χ0) is 14.4. The van der Waals surface area contributed by atoms with Gasteiger partial charge in [-0.2, -0.15) is 0 Å². The van der Waals surface area contributed by atoms with Crippen molar-refractivity contribution in [1.29, 1.82) is 0 Å². The SMILES string of the molecule is CN(C)C1CCc2c(c3cc(Br)ccc3n2S(=O)[O-])C1. The van der Waals surface area contributed by atoms with Crippen LogP contribution < -0.4 is 0 Å². The molecule has 1 heterocycles. The summed E-state index contributed by atoms with van der Waals surface area (Å²) in [4.78, 5) is 2.22. The number of aromatic nitrogens is 1. The Morgan fingerprint density at radius 3 is 2.85 bits per heavy atom. The average Bonchev–Trinajstić information content (AvgIpc) is 2.71. The fourth-order valence-corrected chi connectivity index (χ4v) is 4.15. The van der Waals surface area contributed by atoms with E-state index in [1.807, 2.05) is 18.2 Å². The molecule has 0 saturated heterocycles. The van der Waals surface area contributed by atoms with Crippen LogP contribution in [0.5, 0.6) is 0 Å². The quantitative estimate of drug-likeness (QED) is 0.777. The second-order valence-electron chi connectivity index (χ2n) is 5.46. The highest BCUT2D eigenvalue weighted by molar-refractivity contribution is 9.10. The molecule has 0 bridgehead atoms. The third-order valence-corrected chi connectivity index (χ3v) is 5.34. The molecule has 0 aliphatic heterocycles. The van der Waals surface area contributed by atoms with E-state index in [1.54, 1.807) is 0 Å². The number of fused-ring (bicyclic) bond motifs is 3. The van der Waals surface area contributed by atoms with Crippen molar-refractivity contribution in [3.8, 4) is 0 Å². The Hall–Kier alpha value is -0.690. The van der Waals surface area contributed by atoms with Crippen molar-refractivity contribution >= 4 is 38.1 Å². The summed E-state index contributed by atoms with van der Waals surface area (Å²) in [7, 11) is 4.16. The lowest BCUT2D eigenvalue weighted by Gasteiger charge is -2.29. The van der Waals surface area contributed by atoms with E-state index in [1.165, 1.54) is 9.54 Å². The smallest absolute Gasteiger partial charge is 0.0610 e. The Morgan fingerprint density at radius 2 is 2.20 bits per heavy atom. The van der Waals surface area contributed by atoms with E-state index in [9.17, 15) is 8.76 Å². The van der Waals surface area contributed by atoms with Crippen molar-refractivity contribution in [2.75, 3.05) is 14.1 Å². The highest BCUT2D eigenvalue weighted by atomic mass is 79.9. The summed E-state index contributed by atoms with van der Waals surface area (Å²) in [5.74, 6) is 0. The van der Waals surface area contributed by atoms with Gasteiger partial charge in [-0.05, 0) is 57.1 Å². The van der Waals surface area contributed by atoms with Crippen LogP contribution in [0.4, 0.5) is 0 Å². The van der Waals surface area contributed by atoms with Crippen LogP contribution in [0.3, 0.4) is 0 Å². The normalized spacial score (nSPS) is 20.4. The second-order valence-corrected chi connectivity index (χ2v) is 7.17. The van der Waals surface area contributed by atoms with Crippen molar-refractivity contribution in [3.05, 3.63) is 33.9 Å². The van der Waals surface area contributed by atoms with Crippen LogP contribution >= 0.6 is 15.9 Å². The third kappa shape index (κ3) is 2.24. The number of hydrogen-bond donors (Lipinski definition) is 0. The van der Waals surface area contributed by atoms with Gasteiger partial charge in [0, 0.05) is 21.6 Å². The minimum Gasteiger partial charge on any atom is -0.755 e. The average molecular weight is 356 g/mol. The lowest BCUT2D eigenvalue weighted by molar-refractivity contribution is 0.267. The molecule has 0 amide bonds. The topological polar surface area (TPSA) is 48.3 Å². The van der Waals surface area contributed by atoms with Crippen molar-refractivity contribution in [2.45, 2.75) is 25.3 Å². The van der Waals surface area contributed by atoms with E-state index in [-0.39, 0.29) is 0 Å². The Morgan fingerprint density at radius 1 is 1.45 bits per heavy atom. The summed E-state index contributed by atoms with van der Waals surface area (Å²) in [5, 5.41) is 1.05. The Balaban J connectivity index is 2.24. The van der Waals surface area contributed by atoms with Crippen LogP contribution in [0.25, 0.3) is 10.9 Å². The number of likely N-dealkylation sites (N-methyl/N-ethyl adjacent to an activating group) is 1. The number of rotatable bonds is 2. The molecule has 0 N–H and O–H groups in total. The van der Waals surface area contributed by atoms with Crippen LogP contribution in [-0.2, 0) is 24.1 Å². The fraction of sp³-hybridized carbons (Fsp3) is 0.429. The van der Waals surface area contributed by atoms with E-state index in [0.717, 1.165) is 40.3 Å². The molecule has 2 atom stereocenters. The van der Waals surface area contributed by atoms with Crippen molar-refractivity contribution < 1.29 is 8.76 Å². The van der Waals surface area contributed by atoms with Crippen LogP contribution in [-0.4, -0.2) is 37.8 Å². The maximum absolute atomic E-state index is 11.6. The maximum atomic E-state index is 11.6. The maximum Gasteiger partial charge on any atom is 0.0610 e. The lowest BCUT2D eigenvalue weighted by atomic mass is 9.91. The van der Waals surface area contributed by atoms with E-state index < -0.39 is 11.3 Å². The summed E-state index contributed by atoms with van der Waals surface area (Å²) in [6.45, 7) is 0. The van der Waals surface area contributed by atoms with E-state index >= 15 is 0 Å². The Kier molecular flexibility index (Phi) is 3.75. The standard InChI is InChI=1S/C14H17BrN2O2S/c1-16(2)10-4-6-14-12(8-10)11-7-9(15)3-5-13(11)17(14)20(18)19/h3,5,7,10H,4,6,8H2,1-2H3,(H,18,19)/p-1. The van der Waals surface area contributed by atoms with Gasteiger partial charge in [-0.15, -0.1) is 0 Å². The highest BCUT2D eigenvalue weighted by Gasteiger charge is 2.26. The number of benzene rings is 1. The number of nitrogens with zero attached hydrogens (tertiary/aromatic N) is 2. The highest BCUT2D eigenvalue weighted by Crippen LogP contribution is 2.35. The molecule has 6 heteroatoms. The van der Waals surface area contributed by atoms with Gasteiger partial charge in [0.05, 0.1) is 16.8 Å². The first kappa shape index (κ1) is 14.3. The van der Waals surface area contributed by atoms with Gasteiger partial charge < -0.3 is 9.45 Å². The largest absolute Gasteiger partial charge is 0.755 e. The molecule has 3 rings (SSSR count).